The molecular formula is C19H17N3O3. The second-order valence-corrected chi connectivity index (χ2v) is 6.01. The van der Waals surface area contributed by atoms with Gasteiger partial charge in [0.25, 0.3) is 5.56 Å². The van der Waals surface area contributed by atoms with E-state index in [1.54, 1.807) is 47.2 Å². The number of nitrogens with zero attached hydrogens (tertiary/aromatic N) is 2. The number of aryl methyl sites for hydroxylation is 1. The van der Waals surface area contributed by atoms with Gasteiger partial charge >= 0.3 is 0 Å². The van der Waals surface area contributed by atoms with Crippen LogP contribution in [-0.2, 0) is 17.8 Å². The zero-order valence-electron chi connectivity index (χ0n) is 13.6. The second-order valence-electron chi connectivity index (χ2n) is 6.01. The van der Waals surface area contributed by atoms with Crippen molar-refractivity contribution < 1.29 is 9.21 Å². The Hall–Kier alpha value is -3.15. The maximum atomic E-state index is 12.7. The fraction of sp³-hybridized carbons (Fsp3) is 0.211. The first-order valence-corrected chi connectivity index (χ1v) is 8.27. The third-order valence-electron chi connectivity index (χ3n) is 4.27. The van der Waals surface area contributed by atoms with Gasteiger partial charge in [0.15, 0.2) is 0 Å². The van der Waals surface area contributed by atoms with Crippen LogP contribution in [0.4, 0.5) is 5.69 Å². The molecule has 2 aromatic heterocycles. The number of furan rings is 1. The summed E-state index contributed by atoms with van der Waals surface area (Å²) in [6.07, 6.45) is 7.41. The SMILES string of the molecule is O=C(/C=C/c1ccco1)Nc1ccc2nc3n(c(=O)c2c1)CCCC3. The minimum absolute atomic E-state index is 0.0399. The lowest BCUT2D eigenvalue weighted by molar-refractivity contribution is -0.111. The van der Waals surface area contributed by atoms with Gasteiger partial charge in [0.2, 0.25) is 5.91 Å². The van der Waals surface area contributed by atoms with Crippen molar-refractivity contribution in [2.24, 2.45) is 0 Å². The number of aromatic nitrogens is 2. The lowest BCUT2D eigenvalue weighted by Crippen LogP contribution is -2.28. The van der Waals surface area contributed by atoms with Gasteiger partial charge in [-0.2, -0.15) is 0 Å². The average molecular weight is 335 g/mol. The van der Waals surface area contributed by atoms with Crippen molar-refractivity contribution in [3.05, 3.63) is 64.6 Å². The van der Waals surface area contributed by atoms with E-state index in [9.17, 15) is 9.59 Å². The Bertz CT molecular complexity index is 1020. The summed E-state index contributed by atoms with van der Waals surface area (Å²) in [5.41, 5.74) is 1.20. The number of carbonyl (C=O) groups excluding carboxylic acids is 1. The van der Waals surface area contributed by atoms with Gasteiger partial charge in [0, 0.05) is 24.7 Å². The number of carbonyl (C=O) groups is 1. The minimum atomic E-state index is -0.290. The molecule has 1 aliphatic heterocycles. The molecule has 1 amide bonds. The number of rotatable bonds is 3. The Morgan fingerprint density at radius 1 is 1.28 bits per heavy atom. The molecule has 0 atom stereocenters. The maximum Gasteiger partial charge on any atom is 0.261 e. The predicted molar refractivity (Wildman–Crippen MR) is 95.3 cm³/mol. The van der Waals surface area contributed by atoms with Crippen LogP contribution in [0.25, 0.3) is 17.0 Å². The summed E-state index contributed by atoms with van der Waals surface area (Å²) in [7, 11) is 0. The molecule has 0 saturated heterocycles. The van der Waals surface area contributed by atoms with Gasteiger partial charge in [0.05, 0.1) is 17.2 Å². The Labute approximate surface area is 143 Å². The largest absolute Gasteiger partial charge is 0.465 e. The topological polar surface area (TPSA) is 77.1 Å². The first-order chi connectivity index (χ1) is 12.2. The van der Waals surface area contributed by atoms with Gasteiger partial charge in [-0.25, -0.2) is 4.98 Å². The van der Waals surface area contributed by atoms with Gasteiger partial charge in [-0.05, 0) is 49.2 Å². The molecule has 0 radical (unpaired) electrons. The van der Waals surface area contributed by atoms with Crippen molar-refractivity contribution in [2.75, 3.05) is 5.32 Å². The second kappa shape index (κ2) is 6.39. The van der Waals surface area contributed by atoms with Gasteiger partial charge in [-0.3, -0.25) is 14.2 Å². The number of hydrogen-bond donors (Lipinski definition) is 1. The van der Waals surface area contributed by atoms with Crippen LogP contribution in [0, 0.1) is 0 Å². The number of nitrogens with one attached hydrogen (secondary N) is 1. The van der Waals surface area contributed by atoms with Gasteiger partial charge in [0.1, 0.15) is 11.6 Å². The summed E-state index contributed by atoms with van der Waals surface area (Å²) >= 11 is 0. The van der Waals surface area contributed by atoms with E-state index in [1.165, 1.54) is 6.08 Å². The van der Waals surface area contributed by atoms with Crippen molar-refractivity contribution in [3.63, 3.8) is 0 Å². The van der Waals surface area contributed by atoms with Gasteiger partial charge < -0.3 is 9.73 Å². The van der Waals surface area contributed by atoms with Crippen LogP contribution < -0.4 is 10.9 Å². The van der Waals surface area contributed by atoms with Crippen LogP contribution in [0.3, 0.4) is 0 Å². The van der Waals surface area contributed by atoms with Crippen molar-refractivity contribution in [3.8, 4) is 0 Å². The van der Waals surface area contributed by atoms with E-state index in [1.807, 2.05) is 0 Å². The van der Waals surface area contributed by atoms with E-state index < -0.39 is 0 Å². The molecule has 6 nitrogen and oxygen atoms in total. The van der Waals surface area contributed by atoms with E-state index in [0.29, 0.717) is 28.9 Å². The third-order valence-corrected chi connectivity index (χ3v) is 4.27. The molecule has 3 heterocycles. The normalized spacial score (nSPS) is 13.9. The molecule has 6 heteroatoms. The predicted octanol–water partition coefficient (Wildman–Crippen LogP) is 2.98. The fourth-order valence-corrected chi connectivity index (χ4v) is 3.05. The van der Waals surface area contributed by atoms with Crippen molar-refractivity contribution >= 4 is 28.6 Å². The van der Waals surface area contributed by atoms with E-state index in [2.05, 4.69) is 10.3 Å². The number of hydrogen-bond acceptors (Lipinski definition) is 4. The van der Waals surface area contributed by atoms with Crippen LogP contribution in [0.2, 0.25) is 0 Å². The van der Waals surface area contributed by atoms with Crippen LogP contribution in [0.1, 0.15) is 24.4 Å². The molecule has 3 aromatic rings. The summed E-state index contributed by atoms with van der Waals surface area (Å²) in [5.74, 6) is 1.16. The molecule has 126 valence electrons. The van der Waals surface area contributed by atoms with Crippen molar-refractivity contribution in [1.29, 1.82) is 0 Å². The van der Waals surface area contributed by atoms with E-state index in [-0.39, 0.29) is 11.5 Å². The standard InChI is InChI=1S/C19H17N3O3/c23-18(9-7-14-4-3-11-25-14)20-13-6-8-16-15(12-13)19(24)22-10-2-1-5-17(22)21-16/h3-4,6-9,11-12H,1-2,5,10H2,(H,20,23)/b9-7+. The number of anilines is 1. The number of fused-ring (bicyclic) bond motifs is 2. The van der Waals surface area contributed by atoms with E-state index in [4.69, 9.17) is 4.42 Å². The number of amides is 1. The molecule has 0 fully saturated rings. The Morgan fingerprint density at radius 2 is 2.20 bits per heavy atom. The molecule has 0 saturated carbocycles. The molecule has 1 aliphatic rings. The molecule has 25 heavy (non-hydrogen) atoms. The Balaban J connectivity index is 1.61. The first-order valence-electron chi connectivity index (χ1n) is 8.27. The lowest BCUT2D eigenvalue weighted by Gasteiger charge is -2.17. The van der Waals surface area contributed by atoms with Crippen LogP contribution in [-0.4, -0.2) is 15.5 Å². The summed E-state index contributed by atoms with van der Waals surface area (Å²) in [4.78, 5) is 29.3. The first kappa shape index (κ1) is 15.4. The third kappa shape index (κ3) is 3.10. The summed E-state index contributed by atoms with van der Waals surface area (Å²) in [6.45, 7) is 0.708. The summed E-state index contributed by atoms with van der Waals surface area (Å²) < 4.78 is 6.89. The van der Waals surface area contributed by atoms with Crippen molar-refractivity contribution in [1.82, 2.24) is 9.55 Å². The molecule has 0 unspecified atom stereocenters. The highest BCUT2D eigenvalue weighted by Gasteiger charge is 2.15. The molecule has 1 aromatic carbocycles. The van der Waals surface area contributed by atoms with Crippen LogP contribution in [0.5, 0.6) is 0 Å². The Morgan fingerprint density at radius 3 is 3.04 bits per heavy atom. The minimum Gasteiger partial charge on any atom is -0.465 e. The maximum absolute atomic E-state index is 12.7. The summed E-state index contributed by atoms with van der Waals surface area (Å²) in [5, 5.41) is 3.29. The van der Waals surface area contributed by atoms with Crippen LogP contribution in [0.15, 0.2) is 51.9 Å². The van der Waals surface area contributed by atoms with Gasteiger partial charge in [-0.15, -0.1) is 0 Å². The average Bonchev–Trinajstić information content (AvgIpc) is 3.14. The quantitative estimate of drug-likeness (QED) is 0.747. The molecule has 0 bridgehead atoms. The Kier molecular flexibility index (Phi) is 3.93. The van der Waals surface area contributed by atoms with Crippen molar-refractivity contribution in [2.45, 2.75) is 25.8 Å². The van der Waals surface area contributed by atoms with E-state index in [0.717, 1.165) is 25.1 Å². The number of benzene rings is 1. The summed E-state index contributed by atoms with van der Waals surface area (Å²) in [6, 6.07) is 8.73. The fourth-order valence-electron chi connectivity index (χ4n) is 3.05. The zero-order chi connectivity index (χ0) is 17.2. The molecule has 4 rings (SSSR count). The van der Waals surface area contributed by atoms with E-state index >= 15 is 0 Å². The van der Waals surface area contributed by atoms with Gasteiger partial charge in [-0.1, -0.05) is 0 Å². The lowest BCUT2D eigenvalue weighted by atomic mass is 10.1. The smallest absolute Gasteiger partial charge is 0.261 e. The molecule has 1 N–H and O–H groups in total. The van der Waals surface area contributed by atoms with Crippen LogP contribution >= 0.6 is 0 Å². The molecular weight excluding hydrogens is 318 g/mol. The highest BCUT2D eigenvalue weighted by Crippen LogP contribution is 2.18. The highest BCUT2D eigenvalue weighted by molar-refractivity contribution is 6.02. The molecule has 0 aliphatic carbocycles. The monoisotopic (exact) mass is 335 g/mol. The zero-order valence-corrected chi connectivity index (χ0v) is 13.6. The highest BCUT2D eigenvalue weighted by atomic mass is 16.3. The molecule has 0 spiro atoms.